The van der Waals surface area contributed by atoms with E-state index in [4.69, 9.17) is 28.9 Å². The van der Waals surface area contributed by atoms with Gasteiger partial charge in [-0.1, -0.05) is 23.2 Å². The van der Waals surface area contributed by atoms with Gasteiger partial charge >= 0.3 is 0 Å². The Morgan fingerprint density at radius 1 is 1.33 bits per heavy atom. The van der Waals surface area contributed by atoms with E-state index >= 15 is 0 Å². The van der Waals surface area contributed by atoms with Crippen LogP contribution in [0.25, 0.3) is 0 Å². The lowest BCUT2D eigenvalue weighted by Crippen LogP contribution is -2.52. The van der Waals surface area contributed by atoms with Gasteiger partial charge in [0.1, 0.15) is 4.90 Å². The van der Waals surface area contributed by atoms with Crippen LogP contribution >= 0.6 is 23.2 Å². The van der Waals surface area contributed by atoms with Crippen molar-refractivity contribution in [3.63, 3.8) is 0 Å². The smallest absolute Gasteiger partial charge is 0.244 e. The summed E-state index contributed by atoms with van der Waals surface area (Å²) >= 11 is 12.2. The molecule has 1 aromatic carbocycles. The number of piperazine rings is 1. The first kappa shape index (κ1) is 17.0. The summed E-state index contributed by atoms with van der Waals surface area (Å²) in [6, 6.07) is 2.87. The van der Waals surface area contributed by atoms with Gasteiger partial charge in [0.25, 0.3) is 0 Å². The summed E-state index contributed by atoms with van der Waals surface area (Å²) in [4.78, 5) is 2.18. The Morgan fingerprint density at radius 3 is 2.57 bits per heavy atom. The largest absolute Gasteiger partial charge is 0.326 e. The van der Waals surface area contributed by atoms with Crippen molar-refractivity contribution in [1.29, 1.82) is 0 Å². The fraction of sp³-hybridized carbons (Fsp3) is 0.538. The van der Waals surface area contributed by atoms with Gasteiger partial charge in [0.05, 0.1) is 5.02 Å². The first-order chi connectivity index (χ1) is 9.78. The molecule has 1 aliphatic rings. The molecular formula is C13H19Cl2N3O2S. The molecule has 1 aliphatic heterocycles. The monoisotopic (exact) mass is 351 g/mol. The van der Waals surface area contributed by atoms with Crippen molar-refractivity contribution in [2.24, 2.45) is 5.73 Å². The molecule has 1 saturated heterocycles. The first-order valence-electron chi connectivity index (χ1n) is 6.66. The van der Waals surface area contributed by atoms with Gasteiger partial charge in [0.15, 0.2) is 0 Å². The molecule has 0 bridgehead atoms. The third kappa shape index (κ3) is 3.21. The summed E-state index contributed by atoms with van der Waals surface area (Å²) in [7, 11) is -1.68. The van der Waals surface area contributed by atoms with Crippen molar-refractivity contribution >= 4 is 33.2 Å². The second-order valence-corrected chi connectivity index (χ2v) is 7.91. The van der Waals surface area contributed by atoms with Crippen LogP contribution in [0.5, 0.6) is 0 Å². The summed E-state index contributed by atoms with van der Waals surface area (Å²) in [5.74, 6) is 0. The van der Waals surface area contributed by atoms with Crippen molar-refractivity contribution in [2.75, 3.05) is 26.7 Å². The van der Waals surface area contributed by atoms with Crippen LogP contribution in [0.2, 0.25) is 10.0 Å². The van der Waals surface area contributed by atoms with Gasteiger partial charge in [-0.25, -0.2) is 8.42 Å². The lowest BCUT2D eigenvalue weighted by atomic mass is 10.2. The van der Waals surface area contributed by atoms with E-state index in [2.05, 4.69) is 4.90 Å². The van der Waals surface area contributed by atoms with Crippen molar-refractivity contribution in [1.82, 2.24) is 9.21 Å². The zero-order valence-electron chi connectivity index (χ0n) is 12.0. The van der Waals surface area contributed by atoms with E-state index in [1.807, 2.05) is 14.0 Å². The molecule has 2 rings (SSSR count). The SMILES string of the molecule is CC1CN(C)CCN1S(=O)(=O)c1ccc(Cl)c(CN)c1Cl. The quantitative estimate of drug-likeness (QED) is 0.901. The highest BCUT2D eigenvalue weighted by atomic mass is 35.5. The van der Waals surface area contributed by atoms with Gasteiger partial charge in [-0.2, -0.15) is 4.31 Å². The Bertz CT molecular complexity index is 637. The number of benzene rings is 1. The zero-order valence-corrected chi connectivity index (χ0v) is 14.3. The Kier molecular flexibility index (Phi) is 5.18. The highest BCUT2D eigenvalue weighted by molar-refractivity contribution is 7.89. The Hall–Kier alpha value is -0.370. The van der Waals surface area contributed by atoms with E-state index in [9.17, 15) is 8.42 Å². The minimum Gasteiger partial charge on any atom is -0.326 e. The van der Waals surface area contributed by atoms with Gasteiger partial charge in [0.2, 0.25) is 10.0 Å². The minimum absolute atomic E-state index is 0.0745. The maximum Gasteiger partial charge on any atom is 0.244 e. The van der Waals surface area contributed by atoms with E-state index < -0.39 is 10.0 Å². The van der Waals surface area contributed by atoms with Crippen LogP contribution < -0.4 is 5.73 Å². The fourth-order valence-electron chi connectivity index (χ4n) is 2.57. The number of hydrogen-bond acceptors (Lipinski definition) is 4. The summed E-state index contributed by atoms with van der Waals surface area (Å²) in [5.41, 5.74) is 6.06. The maximum atomic E-state index is 12.8. The van der Waals surface area contributed by atoms with Crippen molar-refractivity contribution in [2.45, 2.75) is 24.4 Å². The van der Waals surface area contributed by atoms with Gasteiger partial charge in [-0.3, -0.25) is 0 Å². The third-order valence-corrected chi connectivity index (χ3v) is 6.66. The number of sulfonamides is 1. The molecule has 5 nitrogen and oxygen atoms in total. The van der Waals surface area contributed by atoms with Crippen LogP contribution in [-0.2, 0) is 16.6 Å². The van der Waals surface area contributed by atoms with Crippen LogP contribution in [0.15, 0.2) is 17.0 Å². The van der Waals surface area contributed by atoms with Gasteiger partial charge in [-0.15, -0.1) is 0 Å². The van der Waals surface area contributed by atoms with E-state index in [0.29, 0.717) is 30.2 Å². The molecule has 1 aromatic rings. The Morgan fingerprint density at radius 2 is 2.00 bits per heavy atom. The number of nitrogens with zero attached hydrogens (tertiary/aromatic N) is 2. The van der Waals surface area contributed by atoms with Crippen LogP contribution in [0.1, 0.15) is 12.5 Å². The molecule has 2 N–H and O–H groups in total. The highest BCUT2D eigenvalue weighted by Gasteiger charge is 2.34. The van der Waals surface area contributed by atoms with Gasteiger partial charge in [0, 0.05) is 42.8 Å². The summed E-state index contributed by atoms with van der Waals surface area (Å²) in [5, 5.41) is 0.504. The number of nitrogens with two attached hydrogens (primary N) is 1. The minimum atomic E-state index is -3.65. The third-order valence-electron chi connectivity index (χ3n) is 3.71. The molecule has 1 fully saturated rings. The fourth-order valence-corrected chi connectivity index (χ4v) is 5.09. The molecule has 118 valence electrons. The molecule has 0 saturated carbocycles. The standard InChI is InChI=1S/C13H19Cl2N3O2S/c1-9-8-17(2)5-6-18(9)21(19,20)12-4-3-11(14)10(7-16)13(12)15/h3-4,9H,5-8,16H2,1-2H3. The average molecular weight is 352 g/mol. The predicted octanol–water partition coefficient (Wildman–Crippen LogP) is 1.78. The topological polar surface area (TPSA) is 66.6 Å². The highest BCUT2D eigenvalue weighted by Crippen LogP contribution is 2.33. The first-order valence-corrected chi connectivity index (χ1v) is 8.86. The van der Waals surface area contributed by atoms with E-state index in [1.54, 1.807) is 0 Å². The molecule has 0 radical (unpaired) electrons. The molecule has 8 heteroatoms. The molecule has 1 unspecified atom stereocenters. The predicted molar refractivity (Wildman–Crippen MR) is 85.2 cm³/mol. The Labute approximate surface area is 135 Å². The maximum absolute atomic E-state index is 12.8. The normalized spacial score (nSPS) is 21.7. The van der Waals surface area contributed by atoms with Crippen LogP contribution in [0, 0.1) is 0 Å². The summed E-state index contributed by atoms with van der Waals surface area (Å²) in [6.45, 7) is 3.81. The number of hydrogen-bond donors (Lipinski definition) is 1. The number of likely N-dealkylation sites (N-methyl/N-ethyl adjacent to an activating group) is 1. The van der Waals surface area contributed by atoms with Crippen LogP contribution in [0.4, 0.5) is 0 Å². The lowest BCUT2D eigenvalue weighted by molar-refractivity contribution is 0.170. The van der Waals surface area contributed by atoms with Gasteiger partial charge in [-0.05, 0) is 26.1 Å². The lowest BCUT2D eigenvalue weighted by Gasteiger charge is -2.37. The molecule has 21 heavy (non-hydrogen) atoms. The molecule has 0 aliphatic carbocycles. The van der Waals surface area contributed by atoms with Crippen molar-refractivity contribution < 1.29 is 8.42 Å². The molecular weight excluding hydrogens is 333 g/mol. The van der Waals surface area contributed by atoms with E-state index in [-0.39, 0.29) is 22.5 Å². The van der Waals surface area contributed by atoms with Crippen molar-refractivity contribution in [3.05, 3.63) is 27.7 Å². The molecule has 0 amide bonds. The van der Waals surface area contributed by atoms with E-state index in [1.165, 1.54) is 16.4 Å². The zero-order chi connectivity index (χ0) is 15.8. The number of rotatable bonds is 3. The molecule has 1 atom stereocenters. The van der Waals surface area contributed by atoms with Gasteiger partial charge < -0.3 is 10.6 Å². The second-order valence-electron chi connectivity index (χ2n) is 5.27. The van der Waals surface area contributed by atoms with E-state index in [0.717, 1.165) is 0 Å². The average Bonchev–Trinajstić information content (AvgIpc) is 2.38. The van der Waals surface area contributed by atoms with Crippen LogP contribution in [-0.4, -0.2) is 50.3 Å². The van der Waals surface area contributed by atoms with Crippen molar-refractivity contribution in [3.8, 4) is 0 Å². The second kappa shape index (κ2) is 6.40. The molecule has 1 heterocycles. The molecule has 0 aromatic heterocycles. The Balaban J connectivity index is 2.45. The summed E-state index contributed by atoms with van der Waals surface area (Å²) in [6.07, 6.45) is 0. The summed E-state index contributed by atoms with van der Waals surface area (Å²) < 4.78 is 27.2. The van der Waals surface area contributed by atoms with Crippen LogP contribution in [0.3, 0.4) is 0 Å². The number of halogens is 2. The molecule has 0 spiro atoms.